The van der Waals surface area contributed by atoms with Crippen LogP contribution in [-0.4, -0.2) is 25.2 Å². The number of halogens is 1. The zero-order valence-corrected chi connectivity index (χ0v) is 14.7. The van der Waals surface area contributed by atoms with Crippen molar-refractivity contribution in [3.63, 3.8) is 0 Å². The third-order valence-electron chi connectivity index (χ3n) is 3.73. The van der Waals surface area contributed by atoms with Gasteiger partial charge in [-0.2, -0.15) is 5.10 Å². The molecule has 2 rings (SSSR count). The van der Waals surface area contributed by atoms with Crippen LogP contribution >= 0.6 is 0 Å². The average Bonchev–Trinajstić information content (AvgIpc) is 2.62. The second-order valence-electron chi connectivity index (χ2n) is 5.78. The molecule has 0 unspecified atom stereocenters. The first-order chi connectivity index (χ1) is 12.1. The second kappa shape index (κ2) is 9.57. The lowest BCUT2D eigenvalue weighted by molar-refractivity contribution is 0.0955. The summed E-state index contributed by atoms with van der Waals surface area (Å²) in [6, 6.07) is 13.4. The number of hydrogen-bond acceptors (Lipinski definition) is 3. The fraction of sp³-hybridized carbons (Fsp3) is 0.300. The van der Waals surface area contributed by atoms with Crippen LogP contribution in [0.3, 0.4) is 0 Å². The van der Waals surface area contributed by atoms with Gasteiger partial charge in [0.05, 0.1) is 6.21 Å². The molecule has 0 saturated carbocycles. The minimum atomic E-state index is -0.375. The Morgan fingerprint density at radius 3 is 2.20 bits per heavy atom. The van der Waals surface area contributed by atoms with Crippen molar-refractivity contribution in [2.24, 2.45) is 5.10 Å². The smallest absolute Gasteiger partial charge is 0.271 e. The highest BCUT2D eigenvalue weighted by Gasteiger charge is 2.05. The number of carbonyl (C=O) groups is 1. The molecule has 2 aromatic rings. The Morgan fingerprint density at radius 2 is 1.64 bits per heavy atom. The van der Waals surface area contributed by atoms with Crippen molar-refractivity contribution < 1.29 is 9.18 Å². The summed E-state index contributed by atoms with van der Waals surface area (Å²) in [6.07, 6.45) is 3.81. The van der Waals surface area contributed by atoms with E-state index in [0.717, 1.165) is 31.5 Å². The third-order valence-corrected chi connectivity index (χ3v) is 3.73. The maximum absolute atomic E-state index is 12.8. The number of nitrogens with one attached hydrogen (secondary N) is 1. The molecule has 0 heterocycles. The van der Waals surface area contributed by atoms with Crippen LogP contribution in [0.15, 0.2) is 53.6 Å². The summed E-state index contributed by atoms with van der Waals surface area (Å²) in [5.74, 6) is -0.745. The number of hydrazone groups is 1. The van der Waals surface area contributed by atoms with Gasteiger partial charge in [-0.05, 0) is 54.8 Å². The van der Waals surface area contributed by atoms with Gasteiger partial charge in [0.15, 0.2) is 0 Å². The molecule has 1 N–H and O–H groups in total. The summed E-state index contributed by atoms with van der Waals surface area (Å²) in [5.41, 5.74) is 4.90. The topological polar surface area (TPSA) is 44.7 Å². The summed E-state index contributed by atoms with van der Waals surface area (Å²) in [6.45, 7) is 6.42. The predicted octanol–water partition coefficient (Wildman–Crippen LogP) is 4.22. The van der Waals surface area contributed by atoms with Crippen molar-refractivity contribution in [3.05, 3.63) is 65.5 Å². The van der Waals surface area contributed by atoms with Gasteiger partial charge in [-0.15, -0.1) is 0 Å². The maximum Gasteiger partial charge on any atom is 0.271 e. The number of carbonyl (C=O) groups excluding carboxylic acids is 1. The first kappa shape index (κ1) is 18.6. The summed E-state index contributed by atoms with van der Waals surface area (Å²) in [4.78, 5) is 14.2. The lowest BCUT2D eigenvalue weighted by Crippen LogP contribution is -2.24. The molecule has 0 bridgehead atoms. The molecule has 4 nitrogen and oxygen atoms in total. The predicted molar refractivity (Wildman–Crippen MR) is 101 cm³/mol. The highest BCUT2D eigenvalue weighted by molar-refractivity contribution is 5.94. The molecule has 0 atom stereocenters. The van der Waals surface area contributed by atoms with E-state index in [1.165, 1.54) is 30.0 Å². The number of hydrogen-bond donors (Lipinski definition) is 1. The Morgan fingerprint density at radius 1 is 1.04 bits per heavy atom. The highest BCUT2D eigenvalue weighted by atomic mass is 19.1. The van der Waals surface area contributed by atoms with E-state index in [1.54, 1.807) is 6.21 Å². The molecular weight excluding hydrogens is 317 g/mol. The quantitative estimate of drug-likeness (QED) is 0.577. The van der Waals surface area contributed by atoms with E-state index < -0.39 is 0 Å². The fourth-order valence-corrected chi connectivity index (χ4v) is 2.51. The van der Waals surface area contributed by atoms with Crippen molar-refractivity contribution in [2.75, 3.05) is 18.0 Å². The van der Waals surface area contributed by atoms with E-state index in [1.807, 2.05) is 12.1 Å². The number of amides is 1. The van der Waals surface area contributed by atoms with E-state index in [4.69, 9.17) is 0 Å². The molecule has 0 aliphatic carbocycles. The van der Waals surface area contributed by atoms with Crippen LogP contribution < -0.4 is 10.3 Å². The zero-order chi connectivity index (χ0) is 18.1. The van der Waals surface area contributed by atoms with Crippen LogP contribution in [0.5, 0.6) is 0 Å². The molecule has 5 heteroatoms. The van der Waals surface area contributed by atoms with Crippen LogP contribution in [0.25, 0.3) is 0 Å². The summed E-state index contributed by atoms with van der Waals surface area (Å²) < 4.78 is 12.8. The molecular formula is C20H24FN3O. The van der Waals surface area contributed by atoms with Crippen molar-refractivity contribution in [2.45, 2.75) is 26.7 Å². The highest BCUT2D eigenvalue weighted by Crippen LogP contribution is 2.15. The van der Waals surface area contributed by atoms with Crippen molar-refractivity contribution in [3.8, 4) is 0 Å². The van der Waals surface area contributed by atoms with E-state index in [9.17, 15) is 9.18 Å². The average molecular weight is 341 g/mol. The Balaban J connectivity index is 1.94. The van der Waals surface area contributed by atoms with Gasteiger partial charge in [-0.25, -0.2) is 9.82 Å². The van der Waals surface area contributed by atoms with Gasteiger partial charge in [0.1, 0.15) is 5.82 Å². The molecule has 0 aromatic heterocycles. The lowest BCUT2D eigenvalue weighted by atomic mass is 10.2. The molecule has 0 aliphatic rings. The molecule has 2 aromatic carbocycles. The van der Waals surface area contributed by atoms with Gasteiger partial charge >= 0.3 is 0 Å². The first-order valence-corrected chi connectivity index (χ1v) is 8.58. The third kappa shape index (κ3) is 5.71. The number of nitrogens with zero attached hydrogens (tertiary/aromatic N) is 2. The molecule has 0 radical (unpaired) electrons. The van der Waals surface area contributed by atoms with Crippen LogP contribution in [0.4, 0.5) is 10.1 Å². The lowest BCUT2D eigenvalue weighted by Gasteiger charge is -2.23. The number of rotatable bonds is 8. The zero-order valence-electron chi connectivity index (χ0n) is 14.7. The Labute approximate surface area is 148 Å². The largest absolute Gasteiger partial charge is 0.372 e. The fourth-order valence-electron chi connectivity index (χ4n) is 2.51. The van der Waals surface area contributed by atoms with Gasteiger partial charge in [-0.1, -0.05) is 26.0 Å². The molecule has 132 valence electrons. The molecule has 0 saturated heterocycles. The van der Waals surface area contributed by atoms with Crippen molar-refractivity contribution in [1.82, 2.24) is 5.43 Å². The monoisotopic (exact) mass is 341 g/mol. The molecule has 0 spiro atoms. The SMILES string of the molecule is CCCN(CCC)c1ccc(/C=N/NC(=O)c2ccc(F)cc2)cc1. The van der Waals surface area contributed by atoms with Gasteiger partial charge in [-0.3, -0.25) is 4.79 Å². The van der Waals surface area contributed by atoms with Gasteiger partial charge in [0.25, 0.3) is 5.91 Å². The van der Waals surface area contributed by atoms with Crippen LogP contribution in [0.2, 0.25) is 0 Å². The maximum atomic E-state index is 12.8. The minimum absolute atomic E-state index is 0.365. The first-order valence-electron chi connectivity index (χ1n) is 8.58. The van der Waals surface area contributed by atoms with E-state index in [2.05, 4.69) is 41.4 Å². The van der Waals surface area contributed by atoms with Gasteiger partial charge < -0.3 is 4.90 Å². The van der Waals surface area contributed by atoms with E-state index in [0.29, 0.717) is 5.56 Å². The molecule has 0 aliphatic heterocycles. The van der Waals surface area contributed by atoms with Crippen LogP contribution in [0, 0.1) is 5.82 Å². The number of benzene rings is 2. The molecule has 25 heavy (non-hydrogen) atoms. The summed E-state index contributed by atoms with van der Waals surface area (Å²) in [5, 5.41) is 3.96. The van der Waals surface area contributed by atoms with Gasteiger partial charge in [0.2, 0.25) is 0 Å². The van der Waals surface area contributed by atoms with Gasteiger partial charge in [0, 0.05) is 24.3 Å². The van der Waals surface area contributed by atoms with Crippen molar-refractivity contribution >= 4 is 17.8 Å². The van der Waals surface area contributed by atoms with Crippen molar-refractivity contribution in [1.29, 1.82) is 0 Å². The van der Waals surface area contributed by atoms with Crippen LogP contribution in [-0.2, 0) is 0 Å². The normalized spacial score (nSPS) is 10.8. The second-order valence-corrected chi connectivity index (χ2v) is 5.78. The minimum Gasteiger partial charge on any atom is -0.372 e. The molecule has 1 amide bonds. The summed E-state index contributed by atoms with van der Waals surface area (Å²) in [7, 11) is 0. The van der Waals surface area contributed by atoms with Crippen LogP contribution in [0.1, 0.15) is 42.6 Å². The summed E-state index contributed by atoms with van der Waals surface area (Å²) >= 11 is 0. The van der Waals surface area contributed by atoms with E-state index >= 15 is 0 Å². The number of anilines is 1. The standard InChI is InChI=1S/C20H24FN3O/c1-3-13-24(14-4-2)19-11-5-16(6-12-19)15-22-23-20(25)17-7-9-18(21)10-8-17/h5-12,15H,3-4,13-14H2,1-2H3,(H,23,25)/b22-15+. The Hall–Kier alpha value is -2.69. The Kier molecular flexibility index (Phi) is 7.14. The Bertz CT molecular complexity index is 690. The molecule has 0 fully saturated rings. The van der Waals surface area contributed by atoms with E-state index in [-0.39, 0.29) is 11.7 Å².